The monoisotopic (exact) mass is 254 g/mol. The summed E-state index contributed by atoms with van der Waals surface area (Å²) in [4.78, 5) is 3.31. The summed E-state index contributed by atoms with van der Waals surface area (Å²) < 4.78 is 5.64. The molecule has 2 rings (SSSR count). The maximum atomic E-state index is 9.27. The van der Waals surface area contributed by atoms with E-state index in [0.717, 1.165) is 34.8 Å². The molecule has 1 aliphatic heterocycles. The van der Waals surface area contributed by atoms with Gasteiger partial charge in [0, 0.05) is 6.54 Å². The molecule has 0 aromatic heterocycles. The van der Waals surface area contributed by atoms with E-state index in [4.69, 9.17) is 4.74 Å². The van der Waals surface area contributed by atoms with E-state index in [2.05, 4.69) is 17.9 Å². The Hall–Kier alpha value is -0.520. The largest absolute Gasteiger partial charge is 0.493 e. The Balaban J connectivity index is 2.36. The zero-order chi connectivity index (χ0) is 11.5. The highest BCUT2D eigenvalue weighted by molar-refractivity contribution is 8.16. The SMILES string of the molecule is CCOc1cccc2c1SC(S[N])N2CC. The highest BCUT2D eigenvalue weighted by Gasteiger charge is 2.31. The predicted octanol–water partition coefficient (Wildman–Crippen LogP) is 3.02. The lowest BCUT2D eigenvalue weighted by Crippen LogP contribution is -2.26. The van der Waals surface area contributed by atoms with Gasteiger partial charge in [-0.3, -0.25) is 0 Å². The van der Waals surface area contributed by atoms with Crippen LogP contribution in [0.2, 0.25) is 0 Å². The molecule has 0 saturated heterocycles. The molecule has 16 heavy (non-hydrogen) atoms. The van der Waals surface area contributed by atoms with Crippen molar-refractivity contribution in [1.82, 2.24) is 5.14 Å². The lowest BCUT2D eigenvalue weighted by atomic mass is 10.3. The van der Waals surface area contributed by atoms with Gasteiger partial charge in [-0.05, 0) is 37.9 Å². The van der Waals surface area contributed by atoms with Crippen LogP contribution in [0.3, 0.4) is 0 Å². The first-order valence-corrected chi connectivity index (χ1v) is 7.02. The van der Waals surface area contributed by atoms with Crippen molar-refractivity contribution in [1.29, 1.82) is 0 Å². The quantitative estimate of drug-likeness (QED) is 0.774. The lowest BCUT2D eigenvalue weighted by Gasteiger charge is -2.21. The lowest BCUT2D eigenvalue weighted by molar-refractivity contribution is 0.333. The van der Waals surface area contributed by atoms with Crippen molar-refractivity contribution in [2.45, 2.75) is 23.4 Å². The molecule has 0 fully saturated rings. The third-order valence-electron chi connectivity index (χ3n) is 2.47. The molecule has 0 spiro atoms. The highest BCUT2D eigenvalue weighted by Crippen LogP contribution is 2.50. The second kappa shape index (κ2) is 5.21. The van der Waals surface area contributed by atoms with E-state index in [1.54, 1.807) is 11.8 Å². The van der Waals surface area contributed by atoms with Crippen molar-refractivity contribution in [3.05, 3.63) is 18.2 Å². The van der Waals surface area contributed by atoms with Crippen molar-refractivity contribution in [2.75, 3.05) is 18.1 Å². The average Bonchev–Trinajstić information content (AvgIpc) is 2.68. The summed E-state index contributed by atoms with van der Waals surface area (Å²) in [5.74, 6) is 0.917. The first kappa shape index (κ1) is 12.0. The molecule has 1 aromatic carbocycles. The van der Waals surface area contributed by atoms with E-state index in [-0.39, 0.29) is 4.71 Å². The third kappa shape index (κ3) is 1.99. The fourth-order valence-electron chi connectivity index (χ4n) is 1.79. The highest BCUT2D eigenvalue weighted by atomic mass is 32.2. The Morgan fingerprint density at radius 1 is 1.50 bits per heavy atom. The minimum absolute atomic E-state index is 0.0432. The summed E-state index contributed by atoms with van der Waals surface area (Å²) in [5, 5.41) is 9.27. The summed E-state index contributed by atoms with van der Waals surface area (Å²) in [6.07, 6.45) is 0. The number of hydrogen-bond donors (Lipinski definition) is 0. The van der Waals surface area contributed by atoms with Crippen LogP contribution in [-0.4, -0.2) is 17.9 Å². The minimum Gasteiger partial charge on any atom is -0.493 e. The van der Waals surface area contributed by atoms with Crippen LogP contribution in [0.1, 0.15) is 13.8 Å². The number of benzene rings is 1. The first-order chi connectivity index (χ1) is 7.81. The molecular weight excluding hydrogens is 240 g/mol. The predicted molar refractivity (Wildman–Crippen MR) is 70.0 cm³/mol. The maximum Gasteiger partial charge on any atom is 0.144 e. The molecule has 1 aromatic rings. The maximum absolute atomic E-state index is 9.27. The van der Waals surface area contributed by atoms with Gasteiger partial charge in [-0.1, -0.05) is 23.0 Å². The van der Waals surface area contributed by atoms with E-state index in [1.165, 1.54) is 0 Å². The van der Waals surface area contributed by atoms with Crippen LogP contribution < -0.4 is 14.8 Å². The Morgan fingerprint density at radius 3 is 2.94 bits per heavy atom. The summed E-state index contributed by atoms with van der Waals surface area (Å²) in [6.45, 7) is 5.62. The Bertz CT molecular complexity index is 373. The summed E-state index contributed by atoms with van der Waals surface area (Å²) in [6, 6.07) is 6.05. The molecule has 0 aliphatic carbocycles. The van der Waals surface area contributed by atoms with Crippen LogP contribution in [0.15, 0.2) is 23.1 Å². The Labute approximate surface area is 105 Å². The molecule has 0 N–H and O–H groups in total. The number of rotatable bonds is 4. The van der Waals surface area contributed by atoms with E-state index in [1.807, 2.05) is 19.1 Å². The van der Waals surface area contributed by atoms with Gasteiger partial charge in [0.2, 0.25) is 0 Å². The van der Waals surface area contributed by atoms with Gasteiger partial charge in [0.25, 0.3) is 0 Å². The Morgan fingerprint density at radius 2 is 2.31 bits per heavy atom. The topological polar surface area (TPSA) is 34.8 Å². The van der Waals surface area contributed by atoms with Gasteiger partial charge in [-0.2, -0.15) is 0 Å². The van der Waals surface area contributed by atoms with Gasteiger partial charge in [-0.15, -0.1) is 0 Å². The summed E-state index contributed by atoms with van der Waals surface area (Å²) in [7, 11) is 0. The molecule has 5 heteroatoms. The second-order valence-electron chi connectivity index (χ2n) is 3.35. The van der Waals surface area contributed by atoms with E-state index in [0.29, 0.717) is 6.61 Å². The van der Waals surface area contributed by atoms with Gasteiger partial charge in [-0.25, -0.2) is 0 Å². The molecule has 1 aliphatic rings. The zero-order valence-electron chi connectivity index (χ0n) is 9.34. The number of nitrogens with zero attached hydrogens (tertiary/aromatic N) is 2. The summed E-state index contributed by atoms with van der Waals surface area (Å²) in [5.41, 5.74) is 1.16. The Kier molecular flexibility index (Phi) is 3.89. The number of fused-ring (bicyclic) bond motifs is 1. The standard InChI is InChI=1S/C11H14N2OS2/c1-3-13-8-6-5-7-9(14-4-2)10(8)15-11(13)16-12/h5-7,11H,3-4H2,1-2H3. The van der Waals surface area contributed by atoms with Gasteiger partial charge >= 0.3 is 0 Å². The van der Waals surface area contributed by atoms with Crippen LogP contribution in [0, 0.1) is 0 Å². The third-order valence-corrected chi connectivity index (χ3v) is 4.56. The smallest absolute Gasteiger partial charge is 0.144 e. The number of anilines is 1. The molecule has 1 unspecified atom stereocenters. The average molecular weight is 254 g/mol. The first-order valence-electron chi connectivity index (χ1n) is 5.31. The van der Waals surface area contributed by atoms with Gasteiger partial charge in [0.1, 0.15) is 10.5 Å². The molecule has 1 atom stereocenters. The molecule has 2 radical (unpaired) electrons. The molecule has 86 valence electrons. The van der Waals surface area contributed by atoms with Crippen molar-refractivity contribution in [3.8, 4) is 5.75 Å². The van der Waals surface area contributed by atoms with Crippen LogP contribution >= 0.6 is 23.7 Å². The van der Waals surface area contributed by atoms with Gasteiger partial charge in [0.15, 0.2) is 0 Å². The van der Waals surface area contributed by atoms with Crippen molar-refractivity contribution in [2.24, 2.45) is 0 Å². The number of ether oxygens (including phenoxy) is 1. The van der Waals surface area contributed by atoms with E-state index >= 15 is 0 Å². The van der Waals surface area contributed by atoms with Crippen molar-refractivity contribution in [3.63, 3.8) is 0 Å². The van der Waals surface area contributed by atoms with Crippen molar-refractivity contribution < 1.29 is 4.74 Å². The van der Waals surface area contributed by atoms with Gasteiger partial charge in [0.05, 0.1) is 17.2 Å². The molecular formula is C11H14N2OS2. The molecule has 3 nitrogen and oxygen atoms in total. The summed E-state index contributed by atoms with van der Waals surface area (Å²) >= 11 is 2.53. The number of thioether (sulfide) groups is 1. The van der Waals surface area contributed by atoms with Crippen molar-refractivity contribution >= 4 is 29.4 Å². The van der Waals surface area contributed by atoms with E-state index in [9.17, 15) is 5.14 Å². The molecule has 0 bridgehead atoms. The van der Waals surface area contributed by atoms with Crippen LogP contribution in [-0.2, 0) is 0 Å². The van der Waals surface area contributed by atoms with Gasteiger partial charge < -0.3 is 9.64 Å². The second-order valence-corrected chi connectivity index (χ2v) is 5.40. The van der Waals surface area contributed by atoms with Crippen LogP contribution in [0.5, 0.6) is 5.75 Å². The fourth-order valence-corrected chi connectivity index (χ4v) is 3.77. The normalized spacial score (nSPS) is 18.7. The minimum atomic E-state index is 0.0432. The molecule has 0 amide bonds. The van der Waals surface area contributed by atoms with E-state index < -0.39 is 0 Å². The fraction of sp³-hybridized carbons (Fsp3) is 0.455. The molecule has 0 saturated carbocycles. The molecule has 1 heterocycles. The number of hydrogen-bond acceptors (Lipinski definition) is 4. The van der Waals surface area contributed by atoms with Crippen LogP contribution in [0.4, 0.5) is 5.69 Å². The zero-order valence-corrected chi connectivity index (χ0v) is 11.0. The van der Waals surface area contributed by atoms with Crippen LogP contribution in [0.25, 0.3) is 0 Å².